The van der Waals surface area contributed by atoms with E-state index >= 15 is 0 Å². The molecule has 0 unspecified atom stereocenters. The normalized spacial score (nSPS) is 14.8. The second-order valence-electron chi connectivity index (χ2n) is 6.43. The van der Waals surface area contributed by atoms with Crippen molar-refractivity contribution in [2.24, 2.45) is 0 Å². The van der Waals surface area contributed by atoms with Crippen LogP contribution in [0, 0.1) is 0 Å². The number of hydrogen-bond donors (Lipinski definition) is 2. The van der Waals surface area contributed by atoms with Gasteiger partial charge in [-0.05, 0) is 49.6 Å². The van der Waals surface area contributed by atoms with E-state index in [1.54, 1.807) is 24.4 Å². The predicted octanol–water partition coefficient (Wildman–Crippen LogP) is 1.90. The van der Waals surface area contributed by atoms with Crippen LogP contribution in [-0.4, -0.2) is 37.4 Å². The van der Waals surface area contributed by atoms with Crippen molar-refractivity contribution in [3.63, 3.8) is 0 Å². The summed E-state index contributed by atoms with van der Waals surface area (Å²) in [5.74, 6) is 0.433. The van der Waals surface area contributed by atoms with Gasteiger partial charge in [0.2, 0.25) is 21.9 Å². The van der Waals surface area contributed by atoms with Gasteiger partial charge in [0.1, 0.15) is 0 Å². The zero-order chi connectivity index (χ0) is 19.3. The summed E-state index contributed by atoms with van der Waals surface area (Å²) >= 11 is 0. The van der Waals surface area contributed by atoms with Crippen LogP contribution in [0.2, 0.25) is 0 Å². The molecule has 1 aromatic heterocycles. The summed E-state index contributed by atoms with van der Waals surface area (Å²) in [5, 5.41) is 2.60. The van der Waals surface area contributed by atoms with Gasteiger partial charge >= 0.3 is 0 Å². The van der Waals surface area contributed by atoms with Gasteiger partial charge in [-0.25, -0.2) is 23.1 Å². The molecule has 1 amide bonds. The number of carbonyl (C=O) groups excluding carboxylic acids is 1. The Hall–Kier alpha value is -2.52. The standard InChI is InChI=1S/C18H23N5O3S/c1-14(24)21-15-5-7-17(8-6-15)27(25,26)20-13-16-9-10-19-18(22-16)23-11-3-2-4-12-23/h5-10,20H,2-4,11-13H2,1H3,(H,21,24). The highest BCUT2D eigenvalue weighted by molar-refractivity contribution is 7.89. The molecule has 2 aromatic rings. The van der Waals surface area contributed by atoms with E-state index in [9.17, 15) is 13.2 Å². The fourth-order valence-electron chi connectivity index (χ4n) is 2.90. The van der Waals surface area contributed by atoms with Gasteiger partial charge < -0.3 is 10.2 Å². The molecule has 1 fully saturated rings. The number of piperidine rings is 1. The maximum atomic E-state index is 12.5. The first-order chi connectivity index (χ1) is 12.9. The Morgan fingerprint density at radius 1 is 1.11 bits per heavy atom. The number of sulfonamides is 1. The first-order valence-corrected chi connectivity index (χ1v) is 10.4. The van der Waals surface area contributed by atoms with Crippen LogP contribution >= 0.6 is 0 Å². The van der Waals surface area contributed by atoms with Gasteiger partial charge in [0.05, 0.1) is 17.1 Å². The lowest BCUT2D eigenvalue weighted by Crippen LogP contribution is -2.31. The van der Waals surface area contributed by atoms with Crippen molar-refractivity contribution < 1.29 is 13.2 Å². The Labute approximate surface area is 159 Å². The third-order valence-electron chi connectivity index (χ3n) is 4.27. The van der Waals surface area contributed by atoms with Crippen LogP contribution in [0.4, 0.5) is 11.6 Å². The zero-order valence-corrected chi connectivity index (χ0v) is 16.0. The predicted molar refractivity (Wildman–Crippen MR) is 103 cm³/mol. The van der Waals surface area contributed by atoms with Crippen LogP contribution in [0.3, 0.4) is 0 Å². The van der Waals surface area contributed by atoms with Crippen molar-refractivity contribution in [3.05, 3.63) is 42.2 Å². The number of amides is 1. The molecule has 3 rings (SSSR count). The molecule has 2 heterocycles. The van der Waals surface area contributed by atoms with Crippen LogP contribution in [0.25, 0.3) is 0 Å². The fourth-order valence-corrected chi connectivity index (χ4v) is 3.90. The van der Waals surface area contributed by atoms with E-state index in [4.69, 9.17) is 0 Å². The highest BCUT2D eigenvalue weighted by Crippen LogP contribution is 2.16. The van der Waals surface area contributed by atoms with Gasteiger partial charge in [-0.2, -0.15) is 0 Å². The van der Waals surface area contributed by atoms with Crippen LogP contribution in [0.15, 0.2) is 41.4 Å². The molecule has 1 aliphatic heterocycles. The molecule has 1 aliphatic rings. The number of hydrogen-bond acceptors (Lipinski definition) is 6. The topological polar surface area (TPSA) is 104 Å². The van der Waals surface area contributed by atoms with Crippen molar-refractivity contribution >= 4 is 27.6 Å². The lowest BCUT2D eigenvalue weighted by Gasteiger charge is -2.26. The van der Waals surface area contributed by atoms with E-state index in [1.165, 1.54) is 25.5 Å². The Morgan fingerprint density at radius 3 is 2.48 bits per heavy atom. The van der Waals surface area contributed by atoms with E-state index in [1.807, 2.05) is 0 Å². The molecule has 9 heteroatoms. The minimum absolute atomic E-state index is 0.0825. The average molecular weight is 389 g/mol. The lowest BCUT2D eigenvalue weighted by atomic mass is 10.1. The first-order valence-electron chi connectivity index (χ1n) is 8.88. The minimum atomic E-state index is -3.68. The van der Waals surface area contributed by atoms with Crippen LogP contribution in [0.5, 0.6) is 0 Å². The van der Waals surface area contributed by atoms with Gasteiger partial charge in [-0.15, -0.1) is 0 Å². The van der Waals surface area contributed by atoms with Crippen molar-refractivity contribution in [2.45, 2.75) is 37.6 Å². The van der Waals surface area contributed by atoms with Gasteiger partial charge in [0, 0.05) is 31.9 Å². The molecule has 0 radical (unpaired) electrons. The molecule has 2 N–H and O–H groups in total. The third kappa shape index (κ3) is 5.24. The summed E-state index contributed by atoms with van der Waals surface area (Å²) in [6, 6.07) is 7.71. The van der Waals surface area contributed by atoms with Gasteiger partial charge in [-0.3, -0.25) is 4.79 Å². The van der Waals surface area contributed by atoms with Gasteiger partial charge in [-0.1, -0.05) is 0 Å². The second kappa shape index (κ2) is 8.45. The van der Waals surface area contributed by atoms with Crippen molar-refractivity contribution in [3.8, 4) is 0 Å². The quantitative estimate of drug-likeness (QED) is 0.782. The number of rotatable bonds is 6. The van der Waals surface area contributed by atoms with Crippen LogP contribution in [0.1, 0.15) is 31.9 Å². The number of carbonyl (C=O) groups is 1. The van der Waals surface area contributed by atoms with E-state index in [-0.39, 0.29) is 17.3 Å². The van der Waals surface area contributed by atoms with Crippen molar-refractivity contribution in [1.82, 2.24) is 14.7 Å². The molecule has 8 nitrogen and oxygen atoms in total. The maximum Gasteiger partial charge on any atom is 0.240 e. The second-order valence-corrected chi connectivity index (χ2v) is 8.19. The van der Waals surface area contributed by atoms with E-state index < -0.39 is 10.0 Å². The van der Waals surface area contributed by atoms with E-state index in [2.05, 4.69) is 24.9 Å². The Bertz CT molecular complexity index is 893. The van der Waals surface area contributed by atoms with Gasteiger partial charge in [0.15, 0.2) is 0 Å². The van der Waals surface area contributed by atoms with E-state index in [0.29, 0.717) is 17.3 Å². The fraction of sp³-hybridized carbons (Fsp3) is 0.389. The summed E-state index contributed by atoms with van der Waals surface area (Å²) in [6.07, 6.45) is 5.11. The smallest absolute Gasteiger partial charge is 0.240 e. The lowest BCUT2D eigenvalue weighted by molar-refractivity contribution is -0.114. The first kappa shape index (κ1) is 19.2. The summed E-state index contributed by atoms with van der Waals surface area (Å²) in [6.45, 7) is 3.33. The Morgan fingerprint density at radius 2 is 1.81 bits per heavy atom. The van der Waals surface area contributed by atoms with E-state index in [0.717, 1.165) is 25.9 Å². The van der Waals surface area contributed by atoms with Crippen molar-refractivity contribution in [1.29, 1.82) is 0 Å². The van der Waals surface area contributed by atoms with Crippen LogP contribution in [-0.2, 0) is 21.4 Å². The molecule has 0 bridgehead atoms. The Balaban J connectivity index is 1.65. The molecular weight excluding hydrogens is 366 g/mol. The number of anilines is 2. The molecular formula is C18H23N5O3S. The molecule has 1 aromatic carbocycles. The summed E-state index contributed by atoms with van der Waals surface area (Å²) in [5.41, 5.74) is 1.16. The van der Waals surface area contributed by atoms with Gasteiger partial charge in [0.25, 0.3) is 0 Å². The minimum Gasteiger partial charge on any atom is -0.341 e. The summed E-state index contributed by atoms with van der Waals surface area (Å²) in [7, 11) is -3.68. The highest BCUT2D eigenvalue weighted by atomic mass is 32.2. The third-order valence-corrected chi connectivity index (χ3v) is 5.68. The zero-order valence-electron chi connectivity index (χ0n) is 15.2. The molecule has 0 saturated carbocycles. The molecule has 0 atom stereocenters. The highest BCUT2D eigenvalue weighted by Gasteiger charge is 2.16. The summed E-state index contributed by atoms with van der Waals surface area (Å²) in [4.78, 5) is 22.1. The molecule has 27 heavy (non-hydrogen) atoms. The average Bonchev–Trinajstić information content (AvgIpc) is 2.67. The number of benzene rings is 1. The van der Waals surface area contributed by atoms with Crippen LogP contribution < -0.4 is 14.9 Å². The molecule has 144 valence electrons. The largest absolute Gasteiger partial charge is 0.341 e. The van der Waals surface area contributed by atoms with Crippen molar-refractivity contribution in [2.75, 3.05) is 23.3 Å². The number of nitrogens with zero attached hydrogens (tertiary/aromatic N) is 3. The number of nitrogens with one attached hydrogen (secondary N) is 2. The maximum absolute atomic E-state index is 12.5. The summed E-state index contributed by atoms with van der Waals surface area (Å²) < 4.78 is 27.5. The molecule has 0 aliphatic carbocycles. The monoisotopic (exact) mass is 389 g/mol. The Kier molecular flexibility index (Phi) is 6.02. The molecule has 1 saturated heterocycles. The SMILES string of the molecule is CC(=O)Nc1ccc(S(=O)(=O)NCc2ccnc(N3CCCCC3)n2)cc1. The molecule has 0 spiro atoms. The number of aromatic nitrogens is 2.